The van der Waals surface area contributed by atoms with Gasteiger partial charge < -0.3 is 29.2 Å². The number of hydrogen-bond donors (Lipinski definition) is 1. The van der Waals surface area contributed by atoms with Crippen molar-refractivity contribution in [1.82, 2.24) is 19.4 Å². The van der Waals surface area contributed by atoms with E-state index in [0.29, 0.717) is 11.9 Å². The number of nitrogens with zero attached hydrogens (tertiary/aromatic N) is 5. The van der Waals surface area contributed by atoms with Crippen LogP contribution in [-0.2, 0) is 11.3 Å². The van der Waals surface area contributed by atoms with Gasteiger partial charge in [0.25, 0.3) is 0 Å². The van der Waals surface area contributed by atoms with Crippen LogP contribution in [-0.4, -0.2) is 72.0 Å². The number of aromatic nitrogens is 3. The van der Waals surface area contributed by atoms with Crippen LogP contribution in [0.1, 0.15) is 26.7 Å². The fourth-order valence-electron chi connectivity index (χ4n) is 4.76. The zero-order chi connectivity index (χ0) is 23.5. The fraction of sp³-hybridized carbons (Fsp3) is 0.538. The Morgan fingerprint density at radius 3 is 2.68 bits per heavy atom. The maximum absolute atomic E-state index is 6.21. The number of nitrogens with one attached hydrogen (secondary N) is 1. The SMILES string of the molecule is CC(C)Oc1cc(Nc2ncc3ccn(CC4CCOCC4)c3n2)ccc1N1CCN(C)CC1. The van der Waals surface area contributed by atoms with E-state index < -0.39 is 0 Å². The first-order valence-corrected chi connectivity index (χ1v) is 12.5. The van der Waals surface area contributed by atoms with Gasteiger partial charge in [-0.25, -0.2) is 4.98 Å². The molecule has 2 fully saturated rings. The van der Waals surface area contributed by atoms with Crippen molar-refractivity contribution in [1.29, 1.82) is 0 Å². The molecule has 1 N–H and O–H groups in total. The number of fused-ring (bicyclic) bond motifs is 1. The lowest BCUT2D eigenvalue weighted by molar-refractivity contribution is 0.0616. The molecule has 0 spiro atoms. The van der Waals surface area contributed by atoms with Gasteiger partial charge in [0.1, 0.15) is 11.4 Å². The third-order valence-electron chi connectivity index (χ3n) is 6.72. The molecule has 2 aliphatic rings. The van der Waals surface area contributed by atoms with E-state index in [4.69, 9.17) is 14.5 Å². The van der Waals surface area contributed by atoms with Crippen LogP contribution in [0.25, 0.3) is 11.0 Å². The molecule has 34 heavy (non-hydrogen) atoms. The maximum Gasteiger partial charge on any atom is 0.229 e. The van der Waals surface area contributed by atoms with Crippen LogP contribution in [0.2, 0.25) is 0 Å². The molecule has 182 valence electrons. The van der Waals surface area contributed by atoms with Gasteiger partial charge in [0, 0.05) is 75.5 Å². The summed E-state index contributed by atoms with van der Waals surface area (Å²) in [6.07, 6.45) is 6.33. The maximum atomic E-state index is 6.21. The standard InChI is InChI=1S/C26H36N6O2/c1-19(2)34-24-16-22(4-5-23(24)31-12-10-30(3)11-13-31)28-26-27-17-21-6-9-32(25(21)29-26)18-20-7-14-33-15-8-20/h4-6,9,16-17,19-20H,7-8,10-15,18H2,1-3H3,(H,27,28,29). The summed E-state index contributed by atoms with van der Waals surface area (Å²) in [5.41, 5.74) is 3.04. The second kappa shape index (κ2) is 10.2. The molecule has 0 amide bonds. The lowest BCUT2D eigenvalue weighted by atomic mass is 10.0. The molecule has 1 aromatic carbocycles. The summed E-state index contributed by atoms with van der Waals surface area (Å²) in [6, 6.07) is 8.41. The van der Waals surface area contributed by atoms with Gasteiger partial charge in [-0.3, -0.25) is 0 Å². The molecule has 2 aliphatic heterocycles. The lowest BCUT2D eigenvalue weighted by Gasteiger charge is -2.35. The predicted molar refractivity (Wildman–Crippen MR) is 136 cm³/mol. The molecular formula is C26H36N6O2. The Kier molecular flexibility index (Phi) is 6.87. The number of likely N-dealkylation sites (N-methyl/N-ethyl adjacent to an activating group) is 1. The minimum atomic E-state index is 0.0996. The highest BCUT2D eigenvalue weighted by Gasteiger charge is 2.20. The third kappa shape index (κ3) is 5.28. The van der Waals surface area contributed by atoms with Crippen molar-refractivity contribution in [2.75, 3.05) is 56.7 Å². The second-order valence-electron chi connectivity index (χ2n) is 9.76. The molecule has 0 saturated carbocycles. The quantitative estimate of drug-likeness (QED) is 0.564. The number of piperazine rings is 1. The molecule has 8 nitrogen and oxygen atoms in total. The van der Waals surface area contributed by atoms with Crippen molar-refractivity contribution in [2.45, 2.75) is 39.3 Å². The van der Waals surface area contributed by atoms with Gasteiger partial charge in [-0.05, 0) is 57.9 Å². The number of ether oxygens (including phenoxy) is 2. The van der Waals surface area contributed by atoms with E-state index in [-0.39, 0.29) is 6.10 Å². The molecule has 0 bridgehead atoms. The van der Waals surface area contributed by atoms with Crippen molar-refractivity contribution in [3.05, 3.63) is 36.7 Å². The Bertz CT molecular complexity index is 1100. The van der Waals surface area contributed by atoms with Crippen LogP contribution < -0.4 is 15.0 Å². The highest BCUT2D eigenvalue weighted by Crippen LogP contribution is 2.34. The number of rotatable bonds is 7. The minimum Gasteiger partial charge on any atom is -0.489 e. The summed E-state index contributed by atoms with van der Waals surface area (Å²) in [6.45, 7) is 10.9. The van der Waals surface area contributed by atoms with Gasteiger partial charge in [-0.2, -0.15) is 4.98 Å². The van der Waals surface area contributed by atoms with Gasteiger partial charge in [-0.1, -0.05) is 0 Å². The summed E-state index contributed by atoms with van der Waals surface area (Å²) in [5.74, 6) is 2.13. The molecule has 4 heterocycles. The number of anilines is 3. The first-order chi connectivity index (χ1) is 16.5. The molecule has 5 rings (SSSR count). The van der Waals surface area contributed by atoms with E-state index in [2.05, 4.69) is 76.0 Å². The molecule has 3 aromatic rings. The Morgan fingerprint density at radius 1 is 1.12 bits per heavy atom. The van der Waals surface area contributed by atoms with Crippen LogP contribution in [0.5, 0.6) is 5.75 Å². The molecule has 8 heteroatoms. The largest absolute Gasteiger partial charge is 0.489 e. The molecular weight excluding hydrogens is 428 g/mol. The van der Waals surface area contributed by atoms with E-state index >= 15 is 0 Å². The van der Waals surface area contributed by atoms with Gasteiger partial charge in [0.15, 0.2) is 0 Å². The average molecular weight is 465 g/mol. The van der Waals surface area contributed by atoms with Crippen molar-refractivity contribution in [2.24, 2.45) is 5.92 Å². The monoisotopic (exact) mass is 464 g/mol. The van der Waals surface area contributed by atoms with Gasteiger partial charge in [0.05, 0.1) is 11.8 Å². The van der Waals surface area contributed by atoms with E-state index in [1.807, 2.05) is 6.20 Å². The normalized spacial score (nSPS) is 18.1. The summed E-state index contributed by atoms with van der Waals surface area (Å²) in [4.78, 5) is 14.2. The highest BCUT2D eigenvalue weighted by molar-refractivity contribution is 5.77. The molecule has 2 aromatic heterocycles. The first-order valence-electron chi connectivity index (χ1n) is 12.5. The van der Waals surface area contributed by atoms with Crippen molar-refractivity contribution >= 4 is 28.4 Å². The van der Waals surface area contributed by atoms with Crippen LogP contribution >= 0.6 is 0 Å². The van der Waals surface area contributed by atoms with Crippen LogP contribution in [0.15, 0.2) is 36.7 Å². The Balaban J connectivity index is 1.36. The lowest BCUT2D eigenvalue weighted by Crippen LogP contribution is -2.44. The minimum absolute atomic E-state index is 0.0996. The van der Waals surface area contributed by atoms with Crippen molar-refractivity contribution in [3.63, 3.8) is 0 Å². The predicted octanol–water partition coefficient (Wildman–Crippen LogP) is 4.14. The average Bonchev–Trinajstić information content (AvgIpc) is 3.22. The van der Waals surface area contributed by atoms with Gasteiger partial charge in [0.2, 0.25) is 5.95 Å². The molecule has 0 unspecified atom stereocenters. The van der Waals surface area contributed by atoms with Crippen LogP contribution in [0, 0.1) is 5.92 Å². The number of hydrogen-bond acceptors (Lipinski definition) is 7. The van der Waals surface area contributed by atoms with E-state index in [0.717, 1.165) is 86.9 Å². The summed E-state index contributed by atoms with van der Waals surface area (Å²) in [5, 5.41) is 4.47. The first kappa shape index (κ1) is 22.9. The van der Waals surface area contributed by atoms with Crippen molar-refractivity contribution in [3.8, 4) is 5.75 Å². The zero-order valence-electron chi connectivity index (χ0n) is 20.5. The molecule has 0 aliphatic carbocycles. The Labute approximate surface area is 201 Å². The molecule has 2 saturated heterocycles. The summed E-state index contributed by atoms with van der Waals surface area (Å²) in [7, 11) is 2.17. The Morgan fingerprint density at radius 2 is 1.91 bits per heavy atom. The summed E-state index contributed by atoms with van der Waals surface area (Å²) < 4.78 is 14.0. The smallest absolute Gasteiger partial charge is 0.229 e. The van der Waals surface area contributed by atoms with Gasteiger partial charge >= 0.3 is 0 Å². The van der Waals surface area contributed by atoms with E-state index in [1.165, 1.54) is 0 Å². The fourth-order valence-corrected chi connectivity index (χ4v) is 4.76. The Hall–Kier alpha value is -2.84. The summed E-state index contributed by atoms with van der Waals surface area (Å²) >= 11 is 0. The van der Waals surface area contributed by atoms with Gasteiger partial charge in [-0.15, -0.1) is 0 Å². The van der Waals surface area contributed by atoms with E-state index in [9.17, 15) is 0 Å². The third-order valence-corrected chi connectivity index (χ3v) is 6.72. The molecule has 0 radical (unpaired) electrons. The zero-order valence-corrected chi connectivity index (χ0v) is 20.5. The van der Waals surface area contributed by atoms with Crippen molar-refractivity contribution < 1.29 is 9.47 Å². The van der Waals surface area contributed by atoms with E-state index in [1.54, 1.807) is 0 Å². The number of benzene rings is 1. The topological polar surface area (TPSA) is 67.7 Å². The second-order valence-corrected chi connectivity index (χ2v) is 9.76. The van der Waals surface area contributed by atoms with Crippen LogP contribution in [0.4, 0.5) is 17.3 Å². The highest BCUT2D eigenvalue weighted by atomic mass is 16.5. The molecule has 0 atom stereocenters. The van der Waals surface area contributed by atoms with Crippen LogP contribution in [0.3, 0.4) is 0 Å².